The second-order valence-electron chi connectivity index (χ2n) is 3.67. The predicted molar refractivity (Wildman–Crippen MR) is 77.1 cm³/mol. The molecule has 1 N–H and O–H groups in total. The van der Waals surface area contributed by atoms with Gasteiger partial charge in [0.15, 0.2) is 5.06 Å². The molecule has 98 valence electrons. The fraction of sp³-hybridized carbons (Fsp3) is 0. The highest BCUT2D eigenvalue weighted by atomic mass is 35.5. The summed E-state index contributed by atoms with van der Waals surface area (Å²) in [5.41, 5.74) is -0.0637. The number of halogens is 2. The SMILES string of the molecule is N#Cc1c(O)sc(=O)c(C#N)c1-c1ccc(Cl)cc1Cl. The van der Waals surface area contributed by atoms with E-state index in [4.69, 9.17) is 33.7 Å². The zero-order valence-electron chi connectivity index (χ0n) is 9.65. The molecule has 0 atom stereocenters. The van der Waals surface area contributed by atoms with Gasteiger partial charge >= 0.3 is 0 Å². The maximum atomic E-state index is 11.8. The molecule has 7 heteroatoms. The summed E-state index contributed by atoms with van der Waals surface area (Å²) in [6.45, 7) is 0. The molecule has 1 aromatic carbocycles. The zero-order valence-corrected chi connectivity index (χ0v) is 12.0. The molecule has 1 aromatic heterocycles. The van der Waals surface area contributed by atoms with Gasteiger partial charge in [-0.25, -0.2) is 0 Å². The van der Waals surface area contributed by atoms with Crippen molar-refractivity contribution in [1.29, 1.82) is 10.5 Å². The lowest BCUT2D eigenvalue weighted by Gasteiger charge is -2.09. The van der Waals surface area contributed by atoms with Gasteiger partial charge in [0.25, 0.3) is 4.74 Å². The van der Waals surface area contributed by atoms with E-state index in [1.807, 2.05) is 0 Å². The van der Waals surface area contributed by atoms with Gasteiger partial charge in [0, 0.05) is 21.2 Å². The molecular formula is C13H4Cl2N2O2S. The van der Waals surface area contributed by atoms with Gasteiger partial charge in [-0.05, 0) is 12.1 Å². The number of aromatic hydroxyl groups is 1. The van der Waals surface area contributed by atoms with Crippen molar-refractivity contribution >= 4 is 34.5 Å². The highest BCUT2D eigenvalue weighted by molar-refractivity contribution is 7.11. The van der Waals surface area contributed by atoms with Crippen LogP contribution in [0.15, 0.2) is 23.0 Å². The summed E-state index contributed by atoms with van der Waals surface area (Å²) in [6.07, 6.45) is 0. The average molecular weight is 323 g/mol. The number of hydrogen-bond donors (Lipinski definition) is 1. The lowest BCUT2D eigenvalue weighted by molar-refractivity contribution is 0.488. The van der Waals surface area contributed by atoms with Gasteiger partial charge in [0.1, 0.15) is 23.3 Å². The lowest BCUT2D eigenvalue weighted by Crippen LogP contribution is -2.05. The second kappa shape index (κ2) is 5.52. The molecule has 2 aromatic rings. The van der Waals surface area contributed by atoms with E-state index in [2.05, 4.69) is 0 Å². The molecule has 2 rings (SSSR count). The van der Waals surface area contributed by atoms with Crippen molar-refractivity contribution in [3.63, 3.8) is 0 Å². The number of hydrogen-bond acceptors (Lipinski definition) is 5. The molecule has 1 heterocycles. The third kappa shape index (κ3) is 2.35. The van der Waals surface area contributed by atoms with Gasteiger partial charge in [-0.1, -0.05) is 40.6 Å². The van der Waals surface area contributed by atoms with Crippen molar-refractivity contribution in [3.05, 3.63) is 48.9 Å². The number of nitriles is 2. The van der Waals surface area contributed by atoms with Crippen LogP contribution in [0, 0.1) is 22.7 Å². The Morgan fingerprint density at radius 2 is 1.80 bits per heavy atom. The minimum Gasteiger partial charge on any atom is -0.498 e. The molecule has 0 radical (unpaired) electrons. The fourth-order valence-electron chi connectivity index (χ4n) is 1.69. The smallest absolute Gasteiger partial charge is 0.254 e. The molecule has 0 saturated heterocycles. The van der Waals surface area contributed by atoms with Crippen molar-refractivity contribution in [2.24, 2.45) is 0 Å². The number of benzene rings is 1. The first-order valence-electron chi connectivity index (χ1n) is 5.15. The summed E-state index contributed by atoms with van der Waals surface area (Å²) in [5.74, 6) is 0. The van der Waals surface area contributed by atoms with E-state index >= 15 is 0 Å². The largest absolute Gasteiger partial charge is 0.498 e. The van der Waals surface area contributed by atoms with E-state index in [9.17, 15) is 9.90 Å². The summed E-state index contributed by atoms with van der Waals surface area (Å²) in [7, 11) is 0. The minimum atomic E-state index is -0.634. The van der Waals surface area contributed by atoms with Crippen molar-refractivity contribution < 1.29 is 5.11 Å². The molecule has 0 bridgehead atoms. The van der Waals surface area contributed by atoms with E-state index < -0.39 is 9.81 Å². The Bertz CT molecular complexity index is 847. The summed E-state index contributed by atoms with van der Waals surface area (Å²) in [6, 6.07) is 7.97. The molecule has 0 saturated carbocycles. The molecular weight excluding hydrogens is 319 g/mol. The first kappa shape index (κ1) is 14.4. The van der Waals surface area contributed by atoms with Gasteiger partial charge in [0.05, 0.1) is 0 Å². The van der Waals surface area contributed by atoms with Crippen LogP contribution in [0.4, 0.5) is 0 Å². The van der Waals surface area contributed by atoms with Gasteiger partial charge in [-0.3, -0.25) is 4.79 Å². The van der Waals surface area contributed by atoms with Gasteiger partial charge in [-0.15, -0.1) is 0 Å². The van der Waals surface area contributed by atoms with Crippen molar-refractivity contribution in [3.8, 4) is 28.3 Å². The van der Waals surface area contributed by atoms with Crippen molar-refractivity contribution in [2.45, 2.75) is 0 Å². The Labute approximate surface area is 127 Å². The van der Waals surface area contributed by atoms with Crippen molar-refractivity contribution in [1.82, 2.24) is 0 Å². The topological polar surface area (TPSA) is 84.9 Å². The third-order valence-electron chi connectivity index (χ3n) is 2.53. The fourth-order valence-corrected chi connectivity index (χ4v) is 2.87. The quantitative estimate of drug-likeness (QED) is 0.870. The summed E-state index contributed by atoms with van der Waals surface area (Å²) in [5, 5.41) is 28.1. The Hall–Kier alpha value is -2.05. The van der Waals surface area contributed by atoms with Crippen LogP contribution in [0.3, 0.4) is 0 Å². The Kier molecular flexibility index (Phi) is 3.96. The molecule has 0 aliphatic carbocycles. The number of rotatable bonds is 1. The van der Waals surface area contributed by atoms with E-state index in [-0.39, 0.29) is 21.7 Å². The first-order valence-corrected chi connectivity index (χ1v) is 6.72. The van der Waals surface area contributed by atoms with Crippen LogP contribution >= 0.6 is 34.5 Å². The maximum Gasteiger partial charge on any atom is 0.254 e. The van der Waals surface area contributed by atoms with E-state index in [1.54, 1.807) is 12.1 Å². The first-order chi connectivity index (χ1) is 9.49. The summed E-state index contributed by atoms with van der Waals surface area (Å²) < 4.78 is -0.634. The van der Waals surface area contributed by atoms with Gasteiger partial charge < -0.3 is 5.11 Å². The molecule has 0 unspecified atom stereocenters. The number of nitrogens with zero attached hydrogens (tertiary/aromatic N) is 2. The Morgan fingerprint density at radius 3 is 2.35 bits per heavy atom. The monoisotopic (exact) mass is 322 g/mol. The maximum absolute atomic E-state index is 11.8. The standard InChI is InChI=1S/C13H4Cl2N2O2S/c14-6-1-2-7(10(15)3-6)11-8(4-16)12(18)20-13(19)9(11)5-17/h1-3,18H. The molecule has 0 fully saturated rings. The molecule has 4 nitrogen and oxygen atoms in total. The highest BCUT2D eigenvalue weighted by Gasteiger charge is 2.21. The average Bonchev–Trinajstić information content (AvgIpc) is 2.38. The van der Waals surface area contributed by atoms with Crippen molar-refractivity contribution in [2.75, 3.05) is 0 Å². The normalized spacial score (nSPS) is 9.80. The minimum absolute atomic E-state index is 0.0258. The van der Waals surface area contributed by atoms with Gasteiger partial charge in [0.2, 0.25) is 0 Å². The molecule has 0 amide bonds. The van der Waals surface area contributed by atoms with E-state index in [0.29, 0.717) is 21.9 Å². The third-order valence-corrected chi connectivity index (χ3v) is 3.87. The highest BCUT2D eigenvalue weighted by Crippen LogP contribution is 2.37. The second-order valence-corrected chi connectivity index (χ2v) is 5.47. The Balaban J connectivity index is 2.97. The van der Waals surface area contributed by atoms with Crippen LogP contribution < -0.4 is 4.74 Å². The van der Waals surface area contributed by atoms with Crippen LogP contribution in [0.5, 0.6) is 5.06 Å². The van der Waals surface area contributed by atoms with E-state index in [1.165, 1.54) is 18.2 Å². The molecule has 0 aliphatic heterocycles. The van der Waals surface area contributed by atoms with Crippen LogP contribution in [0.25, 0.3) is 11.1 Å². The predicted octanol–water partition coefficient (Wildman–Crippen LogP) is 3.53. The zero-order chi connectivity index (χ0) is 14.9. The summed E-state index contributed by atoms with van der Waals surface area (Å²) >= 11 is 12.3. The molecule has 0 spiro atoms. The molecule has 20 heavy (non-hydrogen) atoms. The van der Waals surface area contributed by atoms with E-state index in [0.717, 1.165) is 0 Å². The van der Waals surface area contributed by atoms with Crippen LogP contribution in [0.1, 0.15) is 11.1 Å². The summed E-state index contributed by atoms with van der Waals surface area (Å²) in [4.78, 5) is 11.8. The molecule has 0 aliphatic rings. The Morgan fingerprint density at radius 1 is 1.15 bits per heavy atom. The van der Waals surface area contributed by atoms with Gasteiger partial charge in [-0.2, -0.15) is 10.5 Å². The lowest BCUT2D eigenvalue weighted by atomic mass is 9.98. The van der Waals surface area contributed by atoms with Crippen LogP contribution in [0.2, 0.25) is 10.0 Å². The van der Waals surface area contributed by atoms with Crippen LogP contribution in [-0.2, 0) is 0 Å². The van der Waals surface area contributed by atoms with Crippen LogP contribution in [-0.4, -0.2) is 5.11 Å².